The highest BCUT2D eigenvalue weighted by molar-refractivity contribution is 8.07. The Balaban J connectivity index is 2.35. The first kappa shape index (κ1) is 37.9. The third-order valence-electron chi connectivity index (χ3n) is 8.90. The highest BCUT2D eigenvalue weighted by atomic mass is 32.5. The molecule has 4 unspecified atom stereocenters. The first-order valence-electron chi connectivity index (χ1n) is 15.5. The molecule has 11 nitrogen and oxygen atoms in total. The van der Waals surface area contributed by atoms with Crippen LogP contribution < -0.4 is 0 Å². The fraction of sp³-hybridized carbons (Fsp3) is 0.963. The topological polar surface area (TPSA) is 116 Å². The molecular formula is C27H55NO10P2SSi2. The van der Waals surface area contributed by atoms with Crippen molar-refractivity contribution in [2.75, 3.05) is 19.8 Å². The van der Waals surface area contributed by atoms with Gasteiger partial charge in [-0.2, -0.15) is 0 Å². The summed E-state index contributed by atoms with van der Waals surface area (Å²) in [6.45, 7) is 28.3. The molecule has 1 N–H and O–H groups in total. The summed E-state index contributed by atoms with van der Waals surface area (Å²) in [5.41, 5.74) is 0. The Hall–Kier alpha value is 0.444. The third-order valence-corrected chi connectivity index (χ3v) is 20.7. The van der Waals surface area contributed by atoms with Crippen molar-refractivity contribution in [1.29, 1.82) is 0 Å². The lowest BCUT2D eigenvalue weighted by atomic mass is 10.1. The minimum Gasteiger partial charge on any atom is -0.409 e. The molecule has 2 rings (SSSR count). The van der Waals surface area contributed by atoms with E-state index in [1.807, 2.05) is 13.8 Å². The van der Waals surface area contributed by atoms with E-state index in [2.05, 4.69) is 72.6 Å². The average molecular weight is 705 g/mol. The zero-order chi connectivity index (χ0) is 33.9. The smallest absolute Gasteiger partial charge is 0.327 e. The normalized spacial score (nSPS) is 33.2. The van der Waals surface area contributed by atoms with Crippen molar-refractivity contribution < 1.29 is 47.2 Å². The Morgan fingerprint density at radius 3 is 1.91 bits per heavy atom. The van der Waals surface area contributed by atoms with E-state index in [9.17, 15) is 9.46 Å². The second-order valence-electron chi connectivity index (χ2n) is 14.3. The lowest BCUT2D eigenvalue weighted by molar-refractivity contribution is -0.0200. The van der Waals surface area contributed by atoms with Gasteiger partial charge in [0.15, 0.2) is 16.6 Å². The van der Waals surface area contributed by atoms with Crippen LogP contribution in [0.15, 0.2) is 0 Å². The van der Waals surface area contributed by atoms with Crippen molar-refractivity contribution in [3.05, 3.63) is 11.4 Å². The molecule has 0 spiro atoms. The first-order chi connectivity index (χ1) is 20.0. The molecule has 0 saturated carbocycles. The van der Waals surface area contributed by atoms with Crippen LogP contribution in [-0.2, 0) is 52.8 Å². The summed E-state index contributed by atoms with van der Waals surface area (Å²) in [5, 5.41) is -0.192. The zero-order valence-electron chi connectivity index (χ0n) is 28.9. The second kappa shape index (κ2) is 15.1. The lowest BCUT2D eigenvalue weighted by Crippen LogP contribution is -2.49. The molecule has 2 aliphatic heterocycles. The lowest BCUT2D eigenvalue weighted by Gasteiger charge is -2.40. The summed E-state index contributed by atoms with van der Waals surface area (Å²) >= 11 is 5.87. The van der Waals surface area contributed by atoms with E-state index in [0.29, 0.717) is 0 Å². The van der Waals surface area contributed by atoms with Gasteiger partial charge < -0.3 is 41.6 Å². The van der Waals surface area contributed by atoms with Crippen molar-refractivity contribution in [3.8, 4) is 0 Å². The van der Waals surface area contributed by atoms with E-state index >= 15 is 0 Å². The summed E-state index contributed by atoms with van der Waals surface area (Å²) in [4.78, 5) is 13.1. The van der Waals surface area contributed by atoms with Crippen molar-refractivity contribution in [1.82, 2.24) is 0 Å². The maximum atomic E-state index is 11.9. The molecule has 0 bridgehead atoms. The number of hydrogen-bond acceptors (Lipinski definition) is 10. The van der Waals surface area contributed by atoms with Crippen LogP contribution in [0.4, 0.5) is 0 Å². The van der Waals surface area contributed by atoms with Crippen LogP contribution in [0.1, 0.15) is 63.7 Å². The number of rotatable bonds is 14. The molecule has 0 aromatic carbocycles. The van der Waals surface area contributed by atoms with Gasteiger partial charge in [0.1, 0.15) is 37.1 Å². The molecule has 0 aliphatic carbocycles. The van der Waals surface area contributed by atoms with E-state index in [0.717, 1.165) is 0 Å². The minimum atomic E-state index is -3.58. The Labute approximate surface area is 268 Å². The molecule has 0 aromatic rings. The van der Waals surface area contributed by atoms with Crippen LogP contribution in [0.2, 0.25) is 36.3 Å². The maximum absolute atomic E-state index is 11.9. The van der Waals surface area contributed by atoms with Crippen molar-refractivity contribution >= 4 is 43.4 Å². The molecular weight excluding hydrogens is 648 g/mol. The molecule has 0 aromatic heterocycles. The average Bonchev–Trinajstić information content (AvgIpc) is 3.31. The maximum Gasteiger partial charge on any atom is 0.327 e. The largest absolute Gasteiger partial charge is 0.409 e. The monoisotopic (exact) mass is 704 g/mol. The predicted molar refractivity (Wildman–Crippen MR) is 177 cm³/mol. The van der Waals surface area contributed by atoms with Gasteiger partial charge in [-0.15, -0.1) is 0 Å². The number of nitrogens with zero attached hydrogens (tertiary/aromatic N) is 1. The summed E-state index contributed by atoms with van der Waals surface area (Å²) in [6.07, 6.45) is -5.00. The van der Waals surface area contributed by atoms with Gasteiger partial charge >= 0.3 is 15.0 Å². The van der Waals surface area contributed by atoms with Crippen LogP contribution in [0.25, 0.3) is 4.85 Å². The van der Waals surface area contributed by atoms with Gasteiger partial charge in [0.2, 0.25) is 6.54 Å². The molecule has 10 atom stereocenters. The van der Waals surface area contributed by atoms with Gasteiger partial charge in [0.05, 0.1) is 24.9 Å². The standard InChI is InChI=1S/C27H55NO10P2SSi2/c1-18-22(23(19(2)33-18)37-42(11,12)26(4,5)6)36-40(41,31-16-15-28-10)32-17-21-25(35-39(29)30)24(20(3)34-21)38-43(13,14)27(7,8)9/h18-25,39H,15-17H2,1-9,11-14H3,(H,29,30)/t18-,19+,20+,21-,22?,23-,24-,25?,40?/m1/s1/i1D. The summed E-state index contributed by atoms with van der Waals surface area (Å²) in [5.74, 6) is 0. The van der Waals surface area contributed by atoms with Crippen molar-refractivity contribution in [3.63, 3.8) is 0 Å². The molecule has 2 aliphatic rings. The molecule has 2 fully saturated rings. The van der Waals surface area contributed by atoms with Crippen molar-refractivity contribution in [2.24, 2.45) is 0 Å². The summed E-state index contributed by atoms with van der Waals surface area (Å²) < 4.78 is 69.8. The van der Waals surface area contributed by atoms with E-state index in [-0.39, 0.29) is 42.8 Å². The number of ether oxygens (including phenoxy) is 2. The Bertz CT molecular complexity index is 1070. The highest BCUT2D eigenvalue weighted by Gasteiger charge is 2.52. The molecule has 16 heteroatoms. The van der Waals surface area contributed by atoms with E-state index in [1.165, 1.54) is 0 Å². The van der Waals surface area contributed by atoms with Crippen LogP contribution in [0, 0.1) is 6.57 Å². The second-order valence-corrected chi connectivity index (χ2v) is 27.6. The molecule has 252 valence electrons. The Morgan fingerprint density at radius 1 is 0.930 bits per heavy atom. The Morgan fingerprint density at radius 2 is 1.44 bits per heavy atom. The van der Waals surface area contributed by atoms with Gasteiger partial charge in [0, 0.05) is 1.37 Å². The van der Waals surface area contributed by atoms with Gasteiger partial charge in [-0.3, -0.25) is 9.09 Å². The van der Waals surface area contributed by atoms with E-state index < -0.39 is 74.3 Å². The molecule has 2 heterocycles. The third kappa shape index (κ3) is 10.5. The number of hydrogen-bond donors (Lipinski definition) is 1. The molecule has 43 heavy (non-hydrogen) atoms. The highest BCUT2D eigenvalue weighted by Crippen LogP contribution is 2.54. The minimum absolute atomic E-state index is 0.0213. The molecule has 0 radical (unpaired) electrons. The van der Waals surface area contributed by atoms with E-state index in [1.54, 1.807) is 0 Å². The van der Waals surface area contributed by atoms with Crippen LogP contribution in [-0.4, -0.2) is 90.1 Å². The van der Waals surface area contributed by atoms with Crippen LogP contribution in [0.3, 0.4) is 0 Å². The molecule has 2 saturated heterocycles. The predicted octanol–water partition coefficient (Wildman–Crippen LogP) is 6.69. The van der Waals surface area contributed by atoms with Crippen LogP contribution in [0.5, 0.6) is 0 Å². The van der Waals surface area contributed by atoms with Crippen LogP contribution >= 0.6 is 15.0 Å². The first-order valence-corrected chi connectivity index (χ1v) is 24.4. The van der Waals surface area contributed by atoms with Gasteiger partial charge in [-0.1, -0.05) is 41.5 Å². The summed E-state index contributed by atoms with van der Waals surface area (Å²) in [6, 6.07) is 0. The molecule has 0 amide bonds. The zero-order valence-corrected chi connectivity index (χ0v) is 32.6. The fourth-order valence-electron chi connectivity index (χ4n) is 4.31. The SMILES string of the molecule is [2H]C[C@H]1O[C@@H](C)[C@@H](O[Si](C)(C)C(C)(C)C)C1OP(=S)(OCC[N+]#[C-])OC[C@H]1O[C@@H](C)[C@@H](O[Si](C)(C)C(C)(C)C)C1O[PH](=O)O. The van der Waals surface area contributed by atoms with Crippen molar-refractivity contribution in [2.45, 2.75) is 147 Å². The van der Waals surface area contributed by atoms with Gasteiger partial charge in [-0.05, 0) is 68.8 Å². The van der Waals surface area contributed by atoms with Gasteiger partial charge in [0.25, 0.3) is 0 Å². The fourth-order valence-corrected chi connectivity index (χ4v) is 9.64. The van der Waals surface area contributed by atoms with E-state index in [4.69, 9.17) is 56.2 Å². The Kier molecular flexibility index (Phi) is 13.3. The summed E-state index contributed by atoms with van der Waals surface area (Å²) in [7, 11) is -7.93. The quantitative estimate of drug-likeness (QED) is 0.0903. The van der Waals surface area contributed by atoms with Gasteiger partial charge in [-0.25, -0.2) is 6.57 Å².